The highest BCUT2D eigenvalue weighted by molar-refractivity contribution is 7.13. The van der Waals surface area contributed by atoms with Crippen LogP contribution in [0.3, 0.4) is 0 Å². The van der Waals surface area contributed by atoms with E-state index in [2.05, 4.69) is 40.4 Å². The Hall–Kier alpha value is -3.59. The summed E-state index contributed by atoms with van der Waals surface area (Å²) >= 11 is 7.95. The summed E-state index contributed by atoms with van der Waals surface area (Å²) in [6, 6.07) is 17.6. The van der Waals surface area contributed by atoms with Crippen molar-refractivity contribution in [2.75, 3.05) is 18.9 Å². The van der Waals surface area contributed by atoms with Crippen LogP contribution in [0.15, 0.2) is 71.0 Å². The quantitative estimate of drug-likeness (QED) is 0.320. The van der Waals surface area contributed by atoms with E-state index in [9.17, 15) is 4.79 Å². The summed E-state index contributed by atoms with van der Waals surface area (Å²) in [6.07, 6.45) is 4.09. The minimum absolute atomic E-state index is 0.318. The second-order valence-corrected chi connectivity index (χ2v) is 11.3. The van der Waals surface area contributed by atoms with Crippen molar-refractivity contribution < 1.29 is 0 Å². The molecule has 2 aliphatic rings. The Labute approximate surface area is 222 Å². The van der Waals surface area contributed by atoms with Crippen LogP contribution in [0, 0.1) is 0 Å². The predicted octanol–water partition coefficient (Wildman–Crippen LogP) is 5.78. The molecule has 1 aliphatic carbocycles. The molecule has 0 atom stereocenters. The number of nitrogens with one attached hydrogen (secondary N) is 1. The summed E-state index contributed by atoms with van der Waals surface area (Å²) in [7, 11) is 2.18. The molecule has 9 heteroatoms. The van der Waals surface area contributed by atoms with Crippen LogP contribution in [0.4, 0.5) is 11.6 Å². The van der Waals surface area contributed by atoms with Crippen molar-refractivity contribution in [2.24, 2.45) is 0 Å². The third-order valence-corrected chi connectivity index (χ3v) is 8.47. The first-order chi connectivity index (χ1) is 18.0. The topological polar surface area (TPSA) is 75.9 Å². The van der Waals surface area contributed by atoms with E-state index in [0.717, 1.165) is 23.7 Å². The number of likely N-dealkylation sites (N-methyl/N-ethyl adjacent to an activating group) is 1. The zero-order chi connectivity index (χ0) is 25.1. The van der Waals surface area contributed by atoms with Crippen LogP contribution in [0.2, 0.25) is 5.02 Å². The minimum atomic E-state index is -0.318. The Balaban J connectivity index is 1.33. The number of thiophene rings is 1. The summed E-state index contributed by atoms with van der Waals surface area (Å²) in [5.41, 5.74) is 5.40. The van der Waals surface area contributed by atoms with E-state index in [4.69, 9.17) is 21.7 Å². The lowest BCUT2D eigenvalue weighted by Crippen LogP contribution is -2.35. The van der Waals surface area contributed by atoms with Gasteiger partial charge in [-0.15, -0.1) is 11.3 Å². The first-order valence-corrected chi connectivity index (χ1v) is 13.4. The van der Waals surface area contributed by atoms with Crippen molar-refractivity contribution in [3.8, 4) is 16.3 Å². The van der Waals surface area contributed by atoms with Gasteiger partial charge in [0.1, 0.15) is 11.2 Å². The van der Waals surface area contributed by atoms with E-state index in [1.807, 2.05) is 29.6 Å². The Morgan fingerprint density at radius 1 is 1.11 bits per heavy atom. The molecule has 2 aromatic carbocycles. The molecule has 1 fully saturated rings. The molecule has 5 aromatic rings. The van der Waals surface area contributed by atoms with Gasteiger partial charge in [-0.1, -0.05) is 35.9 Å². The number of nitrogens with zero attached hydrogens (tertiary/aromatic N) is 5. The van der Waals surface area contributed by atoms with Gasteiger partial charge in [-0.3, -0.25) is 4.79 Å². The highest BCUT2D eigenvalue weighted by atomic mass is 35.5. The number of rotatable bonds is 4. The summed E-state index contributed by atoms with van der Waals surface area (Å²) in [5.74, 6) is 0.423. The predicted molar refractivity (Wildman–Crippen MR) is 148 cm³/mol. The molecule has 7 rings (SSSR count). The molecule has 1 saturated carbocycles. The molecule has 1 aliphatic heterocycles. The Bertz CT molecular complexity index is 1730. The molecular weight excluding hydrogens is 504 g/mol. The molecule has 0 amide bonds. The highest BCUT2D eigenvalue weighted by Gasteiger charge is 2.48. The molecule has 4 heterocycles. The van der Waals surface area contributed by atoms with Gasteiger partial charge in [0, 0.05) is 30.4 Å². The lowest BCUT2D eigenvalue weighted by molar-refractivity contribution is 0.271. The summed E-state index contributed by atoms with van der Waals surface area (Å²) in [4.78, 5) is 26.1. The summed E-state index contributed by atoms with van der Waals surface area (Å²) in [5, 5.41) is 10.9. The van der Waals surface area contributed by atoms with Gasteiger partial charge in [0.05, 0.1) is 21.0 Å². The van der Waals surface area contributed by atoms with Gasteiger partial charge in [-0.25, -0.2) is 9.97 Å². The first kappa shape index (κ1) is 22.6. The maximum Gasteiger partial charge on any atom is 0.282 e. The fourth-order valence-corrected chi connectivity index (χ4v) is 6.35. The Kier molecular flexibility index (Phi) is 5.18. The number of hydrogen-bond donors (Lipinski definition) is 1. The summed E-state index contributed by atoms with van der Waals surface area (Å²) < 4.78 is 1.34. The first-order valence-electron chi connectivity index (χ1n) is 12.2. The molecule has 0 radical (unpaired) electrons. The van der Waals surface area contributed by atoms with E-state index in [0.29, 0.717) is 38.7 Å². The molecule has 3 aromatic heterocycles. The van der Waals surface area contributed by atoms with Crippen molar-refractivity contribution in [2.45, 2.75) is 24.8 Å². The van der Waals surface area contributed by atoms with Gasteiger partial charge in [0.15, 0.2) is 0 Å². The number of fused-ring (bicyclic) bond motifs is 3. The zero-order valence-electron chi connectivity index (χ0n) is 20.1. The van der Waals surface area contributed by atoms with Crippen LogP contribution in [0.25, 0.3) is 27.2 Å². The number of aromatic nitrogens is 4. The van der Waals surface area contributed by atoms with Gasteiger partial charge >= 0.3 is 0 Å². The van der Waals surface area contributed by atoms with E-state index in [1.165, 1.54) is 40.0 Å². The molecule has 1 N–H and O–H groups in total. The minimum Gasteiger partial charge on any atom is -0.324 e. The standard InChI is InChI=1S/C28H23ClN6OS/c1-34-15-17-13-18(8-9-20(17)28(16-34)10-11-28)31-27-30-14-19-24(32-27)25(23-7-4-12-37-23)33-35(26(19)36)22-6-3-2-5-21(22)29/h2-9,12-14H,10-11,15-16H2,1H3,(H,30,31,32). The van der Waals surface area contributed by atoms with Crippen LogP contribution in [-0.2, 0) is 12.0 Å². The fraction of sp³-hybridized carbons (Fsp3) is 0.214. The van der Waals surface area contributed by atoms with E-state index in [-0.39, 0.29) is 5.56 Å². The van der Waals surface area contributed by atoms with Crippen LogP contribution in [-0.4, -0.2) is 38.2 Å². The molecule has 37 heavy (non-hydrogen) atoms. The smallest absolute Gasteiger partial charge is 0.282 e. The van der Waals surface area contributed by atoms with Crippen LogP contribution < -0.4 is 10.9 Å². The molecular formula is C28H23ClN6OS. The van der Waals surface area contributed by atoms with Crippen LogP contribution >= 0.6 is 22.9 Å². The van der Waals surface area contributed by atoms with E-state index < -0.39 is 0 Å². The zero-order valence-corrected chi connectivity index (χ0v) is 21.7. The maximum absolute atomic E-state index is 13.5. The molecule has 0 saturated heterocycles. The molecule has 0 bridgehead atoms. The molecule has 7 nitrogen and oxygen atoms in total. The van der Waals surface area contributed by atoms with Crippen molar-refractivity contribution in [3.05, 3.63) is 92.7 Å². The maximum atomic E-state index is 13.5. The molecule has 1 spiro atoms. The third-order valence-electron chi connectivity index (χ3n) is 7.27. The van der Waals surface area contributed by atoms with Crippen molar-refractivity contribution >= 4 is 45.5 Å². The van der Waals surface area contributed by atoms with Gasteiger partial charge < -0.3 is 10.2 Å². The number of para-hydroxylation sites is 1. The molecule has 184 valence electrons. The number of benzene rings is 2. The second kappa shape index (κ2) is 8.48. The average molecular weight is 527 g/mol. The Morgan fingerprint density at radius 3 is 2.76 bits per heavy atom. The van der Waals surface area contributed by atoms with Crippen molar-refractivity contribution in [3.63, 3.8) is 0 Å². The monoisotopic (exact) mass is 526 g/mol. The lowest BCUT2D eigenvalue weighted by Gasteiger charge is -2.32. The van der Waals surface area contributed by atoms with Crippen LogP contribution in [0.5, 0.6) is 0 Å². The number of hydrogen-bond acceptors (Lipinski definition) is 7. The van der Waals surface area contributed by atoms with Gasteiger partial charge in [0.25, 0.3) is 5.56 Å². The summed E-state index contributed by atoms with van der Waals surface area (Å²) in [6.45, 7) is 2.06. The SMILES string of the molecule is CN1Cc2cc(Nc3ncc4c(=O)n(-c5ccccc5Cl)nc(-c5cccs5)c4n3)ccc2C2(CC2)C1. The molecule has 0 unspecified atom stereocenters. The Morgan fingerprint density at radius 2 is 1.97 bits per heavy atom. The normalized spacial score (nSPS) is 16.2. The fourth-order valence-electron chi connectivity index (χ4n) is 5.43. The largest absolute Gasteiger partial charge is 0.324 e. The van der Waals surface area contributed by atoms with Gasteiger partial charge in [-0.05, 0) is 66.7 Å². The highest BCUT2D eigenvalue weighted by Crippen LogP contribution is 2.52. The average Bonchev–Trinajstić information content (AvgIpc) is 3.42. The van der Waals surface area contributed by atoms with E-state index >= 15 is 0 Å². The van der Waals surface area contributed by atoms with Gasteiger partial charge in [0.2, 0.25) is 5.95 Å². The number of halogens is 1. The van der Waals surface area contributed by atoms with Crippen LogP contribution in [0.1, 0.15) is 24.0 Å². The third kappa shape index (κ3) is 3.83. The van der Waals surface area contributed by atoms with E-state index in [1.54, 1.807) is 18.3 Å². The number of anilines is 2. The van der Waals surface area contributed by atoms with Crippen molar-refractivity contribution in [1.29, 1.82) is 0 Å². The van der Waals surface area contributed by atoms with Gasteiger partial charge in [-0.2, -0.15) is 9.78 Å². The lowest BCUT2D eigenvalue weighted by atomic mass is 9.87. The van der Waals surface area contributed by atoms with Crippen molar-refractivity contribution in [1.82, 2.24) is 24.6 Å². The second-order valence-electron chi connectivity index (χ2n) is 9.90.